The molecule has 136 valence electrons. The van der Waals surface area contributed by atoms with Crippen molar-refractivity contribution >= 4 is 45.4 Å². The largest absolute Gasteiger partial charge is 0.423 e. The molecule has 27 heavy (non-hydrogen) atoms. The lowest BCUT2D eigenvalue weighted by atomic mass is 10.1. The van der Waals surface area contributed by atoms with E-state index in [2.05, 4.69) is 21.4 Å². The van der Waals surface area contributed by atoms with Crippen LogP contribution in [0.4, 0.5) is 5.69 Å². The van der Waals surface area contributed by atoms with Crippen molar-refractivity contribution in [3.8, 4) is 0 Å². The molecule has 6 nitrogen and oxygen atoms in total. The fraction of sp³-hybridized carbons (Fsp3) is 0.150. The summed E-state index contributed by atoms with van der Waals surface area (Å²) < 4.78 is 5.30. The highest BCUT2D eigenvalue weighted by Crippen LogP contribution is 2.28. The van der Waals surface area contributed by atoms with Crippen LogP contribution in [-0.2, 0) is 10.5 Å². The SMILES string of the molecule is CC(=O)Nc1ccc2c(CSc3nc4ccc(C)cc4[nH]3)cc(=O)oc2c1. The van der Waals surface area contributed by atoms with E-state index in [4.69, 9.17) is 4.42 Å². The Kier molecular flexibility index (Phi) is 4.45. The summed E-state index contributed by atoms with van der Waals surface area (Å²) in [5.41, 5.74) is 4.57. The maximum Gasteiger partial charge on any atom is 0.336 e. The lowest BCUT2D eigenvalue weighted by molar-refractivity contribution is -0.114. The van der Waals surface area contributed by atoms with Crippen molar-refractivity contribution in [3.05, 3.63) is 64.0 Å². The van der Waals surface area contributed by atoms with Crippen molar-refractivity contribution in [3.63, 3.8) is 0 Å². The predicted molar refractivity (Wildman–Crippen MR) is 107 cm³/mol. The molecule has 2 aromatic carbocycles. The number of carbonyl (C=O) groups excluding carboxylic acids is 1. The number of aromatic amines is 1. The molecule has 2 heterocycles. The van der Waals surface area contributed by atoms with Gasteiger partial charge in [0, 0.05) is 35.9 Å². The van der Waals surface area contributed by atoms with E-state index in [9.17, 15) is 9.59 Å². The third kappa shape index (κ3) is 3.73. The second kappa shape index (κ2) is 6.92. The summed E-state index contributed by atoms with van der Waals surface area (Å²) in [4.78, 5) is 31.0. The van der Waals surface area contributed by atoms with Crippen molar-refractivity contribution < 1.29 is 9.21 Å². The van der Waals surface area contributed by atoms with Gasteiger partial charge in [0.05, 0.1) is 11.0 Å². The molecule has 0 atom stereocenters. The summed E-state index contributed by atoms with van der Waals surface area (Å²) in [5, 5.41) is 4.33. The number of thioether (sulfide) groups is 1. The van der Waals surface area contributed by atoms with Crippen molar-refractivity contribution in [2.75, 3.05) is 5.32 Å². The van der Waals surface area contributed by atoms with Crippen LogP contribution in [0.2, 0.25) is 0 Å². The quantitative estimate of drug-likeness (QED) is 0.409. The molecule has 0 fully saturated rings. The van der Waals surface area contributed by atoms with E-state index in [1.807, 2.05) is 25.1 Å². The molecule has 0 bridgehead atoms. The molecule has 2 aromatic heterocycles. The molecule has 4 aromatic rings. The number of benzene rings is 2. The summed E-state index contributed by atoms with van der Waals surface area (Å²) in [6, 6.07) is 12.9. The van der Waals surface area contributed by atoms with Crippen molar-refractivity contribution in [2.24, 2.45) is 0 Å². The highest BCUT2D eigenvalue weighted by Gasteiger charge is 2.10. The first-order valence-electron chi connectivity index (χ1n) is 8.41. The maximum atomic E-state index is 11.9. The summed E-state index contributed by atoms with van der Waals surface area (Å²) in [5.74, 6) is 0.393. The van der Waals surface area contributed by atoms with Gasteiger partial charge in [0.25, 0.3) is 0 Å². The number of fused-ring (bicyclic) bond motifs is 2. The number of hydrogen-bond acceptors (Lipinski definition) is 5. The zero-order chi connectivity index (χ0) is 19.0. The van der Waals surface area contributed by atoms with Gasteiger partial charge in [-0.1, -0.05) is 17.8 Å². The molecule has 7 heteroatoms. The number of rotatable bonds is 4. The van der Waals surface area contributed by atoms with E-state index in [0.717, 1.165) is 27.1 Å². The minimum Gasteiger partial charge on any atom is -0.423 e. The van der Waals surface area contributed by atoms with Gasteiger partial charge in [0.1, 0.15) is 5.58 Å². The summed E-state index contributed by atoms with van der Waals surface area (Å²) in [7, 11) is 0. The second-order valence-electron chi connectivity index (χ2n) is 6.33. The molecule has 0 unspecified atom stereocenters. The van der Waals surface area contributed by atoms with Crippen molar-refractivity contribution in [1.82, 2.24) is 9.97 Å². The Hall–Kier alpha value is -3.06. The number of H-pyrrole nitrogens is 1. The minimum absolute atomic E-state index is 0.177. The van der Waals surface area contributed by atoms with Gasteiger partial charge in [-0.25, -0.2) is 9.78 Å². The molecule has 0 aliphatic rings. The first-order chi connectivity index (χ1) is 13.0. The van der Waals surface area contributed by atoms with Gasteiger partial charge in [-0.15, -0.1) is 0 Å². The topological polar surface area (TPSA) is 88.0 Å². The monoisotopic (exact) mass is 379 g/mol. The Morgan fingerprint density at radius 1 is 1.22 bits per heavy atom. The van der Waals surface area contributed by atoms with E-state index in [0.29, 0.717) is 17.0 Å². The van der Waals surface area contributed by atoms with Gasteiger partial charge in [0.15, 0.2) is 5.16 Å². The Balaban J connectivity index is 1.64. The van der Waals surface area contributed by atoms with Crippen LogP contribution in [0.15, 0.2) is 56.8 Å². The lowest BCUT2D eigenvalue weighted by Gasteiger charge is -2.07. The zero-order valence-electron chi connectivity index (χ0n) is 14.8. The third-order valence-electron chi connectivity index (χ3n) is 4.13. The molecule has 0 spiro atoms. The van der Waals surface area contributed by atoms with Crippen LogP contribution in [0, 0.1) is 6.92 Å². The summed E-state index contributed by atoms with van der Waals surface area (Å²) in [6.45, 7) is 3.47. The van der Waals surface area contributed by atoms with Gasteiger partial charge in [-0.05, 0) is 42.3 Å². The average molecular weight is 379 g/mol. The number of aryl methyl sites for hydroxylation is 1. The van der Waals surface area contributed by atoms with E-state index in [1.165, 1.54) is 30.3 Å². The number of aromatic nitrogens is 2. The number of nitrogens with one attached hydrogen (secondary N) is 2. The van der Waals surface area contributed by atoms with Crippen LogP contribution in [0.25, 0.3) is 22.0 Å². The van der Waals surface area contributed by atoms with Gasteiger partial charge in [-0.2, -0.15) is 0 Å². The Morgan fingerprint density at radius 2 is 2.07 bits per heavy atom. The Bertz CT molecular complexity index is 1230. The number of anilines is 1. The Labute approximate surface area is 159 Å². The molecule has 0 saturated heterocycles. The van der Waals surface area contributed by atoms with Crippen LogP contribution >= 0.6 is 11.8 Å². The predicted octanol–water partition coefficient (Wildman–Crippen LogP) is 4.23. The van der Waals surface area contributed by atoms with Gasteiger partial charge < -0.3 is 14.7 Å². The molecule has 4 rings (SSSR count). The fourth-order valence-electron chi connectivity index (χ4n) is 2.94. The fourth-order valence-corrected chi connectivity index (χ4v) is 3.82. The van der Waals surface area contributed by atoms with Crippen LogP contribution < -0.4 is 10.9 Å². The van der Waals surface area contributed by atoms with Crippen molar-refractivity contribution in [1.29, 1.82) is 0 Å². The Morgan fingerprint density at radius 3 is 2.89 bits per heavy atom. The first kappa shape index (κ1) is 17.4. The number of nitrogens with zero attached hydrogens (tertiary/aromatic N) is 1. The highest BCUT2D eigenvalue weighted by atomic mass is 32.2. The highest BCUT2D eigenvalue weighted by molar-refractivity contribution is 7.98. The van der Waals surface area contributed by atoms with Crippen molar-refractivity contribution in [2.45, 2.75) is 24.8 Å². The molecule has 1 amide bonds. The van der Waals surface area contributed by atoms with Crippen LogP contribution in [-0.4, -0.2) is 15.9 Å². The standard InChI is InChI=1S/C20H17N3O3S/c1-11-3-6-16-17(7-11)23-20(22-16)27-10-13-8-19(25)26-18-9-14(21-12(2)24)4-5-15(13)18/h3-9H,10H2,1-2H3,(H,21,24)(H,22,23). The van der Waals surface area contributed by atoms with E-state index in [1.54, 1.807) is 12.1 Å². The van der Waals surface area contributed by atoms with E-state index >= 15 is 0 Å². The van der Waals surface area contributed by atoms with Crippen LogP contribution in [0.3, 0.4) is 0 Å². The van der Waals surface area contributed by atoms with Gasteiger partial charge >= 0.3 is 5.63 Å². The third-order valence-corrected chi connectivity index (χ3v) is 5.05. The average Bonchev–Trinajstić information content (AvgIpc) is 3.00. The molecular weight excluding hydrogens is 362 g/mol. The molecule has 0 radical (unpaired) electrons. The van der Waals surface area contributed by atoms with Gasteiger partial charge in [0.2, 0.25) is 5.91 Å². The zero-order valence-corrected chi connectivity index (χ0v) is 15.6. The summed E-state index contributed by atoms with van der Waals surface area (Å²) >= 11 is 1.53. The minimum atomic E-state index is -0.418. The normalized spacial score (nSPS) is 11.2. The molecule has 0 aliphatic carbocycles. The second-order valence-corrected chi connectivity index (χ2v) is 7.30. The smallest absolute Gasteiger partial charge is 0.336 e. The number of carbonyl (C=O) groups is 1. The maximum absolute atomic E-state index is 11.9. The molecule has 0 aliphatic heterocycles. The molecule has 0 saturated carbocycles. The number of amides is 1. The van der Waals surface area contributed by atoms with E-state index < -0.39 is 5.63 Å². The van der Waals surface area contributed by atoms with Gasteiger partial charge in [-0.3, -0.25) is 4.79 Å². The summed E-state index contributed by atoms with van der Waals surface area (Å²) in [6.07, 6.45) is 0. The first-order valence-corrected chi connectivity index (χ1v) is 9.40. The van der Waals surface area contributed by atoms with Crippen LogP contribution in [0.5, 0.6) is 0 Å². The van der Waals surface area contributed by atoms with Crippen LogP contribution in [0.1, 0.15) is 18.1 Å². The molecule has 2 N–H and O–H groups in total. The number of imidazole rings is 1. The lowest BCUT2D eigenvalue weighted by Crippen LogP contribution is -2.06. The molecular formula is C20H17N3O3S. The number of hydrogen-bond donors (Lipinski definition) is 2. The van der Waals surface area contributed by atoms with E-state index in [-0.39, 0.29) is 5.91 Å².